The van der Waals surface area contributed by atoms with Gasteiger partial charge in [0.25, 0.3) is 0 Å². The van der Waals surface area contributed by atoms with Crippen molar-refractivity contribution in [3.05, 3.63) is 95.6 Å². The van der Waals surface area contributed by atoms with Gasteiger partial charge in [0.1, 0.15) is 11.6 Å². The van der Waals surface area contributed by atoms with Crippen molar-refractivity contribution in [1.82, 2.24) is 30.1 Å². The van der Waals surface area contributed by atoms with Crippen molar-refractivity contribution >= 4 is 28.8 Å². The Kier molecular flexibility index (Phi) is 8.92. The van der Waals surface area contributed by atoms with Crippen LogP contribution in [-0.4, -0.2) is 67.2 Å². The molecule has 0 aliphatic carbocycles. The van der Waals surface area contributed by atoms with E-state index in [9.17, 15) is 14.4 Å². The van der Waals surface area contributed by atoms with Crippen LogP contribution in [0.15, 0.2) is 78.9 Å². The highest BCUT2D eigenvalue weighted by atomic mass is 16.2. The number of likely N-dealkylation sites (tertiary alicyclic amines) is 1. The van der Waals surface area contributed by atoms with Gasteiger partial charge in [-0.2, -0.15) is 0 Å². The Morgan fingerprint density at radius 3 is 2.38 bits per heavy atom. The van der Waals surface area contributed by atoms with Gasteiger partial charge in [-0.15, -0.1) is 5.10 Å². The predicted octanol–water partition coefficient (Wildman–Crippen LogP) is 2.56. The Morgan fingerprint density at radius 1 is 1.00 bits per heavy atom. The largest absolute Gasteiger partial charge is 0.350 e. The molecule has 1 aromatic heterocycles. The Labute approximate surface area is 245 Å². The molecule has 4 aromatic rings. The average molecular weight is 568 g/mol. The van der Waals surface area contributed by atoms with Crippen molar-refractivity contribution in [3.63, 3.8) is 0 Å². The van der Waals surface area contributed by atoms with Crippen LogP contribution < -0.4 is 11.1 Å². The van der Waals surface area contributed by atoms with Crippen LogP contribution >= 0.6 is 0 Å². The molecule has 1 saturated heterocycles. The molecule has 3 unspecified atom stereocenters. The molecule has 42 heavy (non-hydrogen) atoms. The molecule has 1 aliphatic heterocycles. The normalized spacial score (nSPS) is 17.3. The Balaban J connectivity index is 1.32. The van der Waals surface area contributed by atoms with E-state index in [-0.39, 0.29) is 36.9 Å². The number of aromatic nitrogens is 3. The summed E-state index contributed by atoms with van der Waals surface area (Å²) >= 11 is 0. The van der Waals surface area contributed by atoms with E-state index in [0.29, 0.717) is 25.8 Å². The fourth-order valence-corrected chi connectivity index (χ4v) is 5.62. The SMILES string of the molecule is CC(=O)N(Cc1ccccc1)C1CC(C(=O)NCc2ccc3c(c2)nnn3C)N(C(=O)C(N)CCc2ccccc2)C1. The summed E-state index contributed by atoms with van der Waals surface area (Å²) < 4.78 is 1.69. The lowest BCUT2D eigenvalue weighted by Gasteiger charge is -2.29. The van der Waals surface area contributed by atoms with E-state index in [1.54, 1.807) is 14.5 Å². The summed E-state index contributed by atoms with van der Waals surface area (Å²) in [5.74, 6) is -0.663. The van der Waals surface area contributed by atoms with Gasteiger partial charge in [0.2, 0.25) is 17.7 Å². The maximum Gasteiger partial charge on any atom is 0.243 e. The number of aryl methyl sites for hydroxylation is 2. The molecule has 0 saturated carbocycles. The zero-order chi connectivity index (χ0) is 29.6. The fourth-order valence-electron chi connectivity index (χ4n) is 5.62. The minimum atomic E-state index is -0.766. The van der Waals surface area contributed by atoms with E-state index in [2.05, 4.69) is 15.6 Å². The van der Waals surface area contributed by atoms with Crippen LogP contribution in [-0.2, 0) is 40.9 Å². The van der Waals surface area contributed by atoms with Crippen molar-refractivity contribution in [1.29, 1.82) is 0 Å². The lowest BCUT2D eigenvalue weighted by molar-refractivity contribution is -0.139. The van der Waals surface area contributed by atoms with Crippen LogP contribution in [0.3, 0.4) is 0 Å². The lowest BCUT2D eigenvalue weighted by Crippen LogP contribution is -2.51. The van der Waals surface area contributed by atoms with E-state index in [1.807, 2.05) is 85.9 Å². The number of carbonyl (C=O) groups excluding carboxylic acids is 3. The van der Waals surface area contributed by atoms with Gasteiger partial charge in [-0.3, -0.25) is 14.4 Å². The van der Waals surface area contributed by atoms with E-state index in [1.165, 1.54) is 6.92 Å². The highest BCUT2D eigenvalue weighted by Gasteiger charge is 2.43. The van der Waals surface area contributed by atoms with Crippen molar-refractivity contribution in [2.45, 2.75) is 57.4 Å². The molecule has 10 heteroatoms. The quantitative estimate of drug-likeness (QED) is 0.303. The fraction of sp³-hybridized carbons (Fsp3) is 0.344. The molecule has 1 aliphatic rings. The molecule has 0 spiro atoms. The zero-order valence-corrected chi connectivity index (χ0v) is 24.0. The van der Waals surface area contributed by atoms with Gasteiger partial charge in [0.05, 0.1) is 17.6 Å². The van der Waals surface area contributed by atoms with Crippen LogP contribution in [0.2, 0.25) is 0 Å². The molecular weight excluding hydrogens is 530 g/mol. The molecule has 3 atom stereocenters. The third-order valence-electron chi connectivity index (χ3n) is 7.95. The molecule has 10 nitrogen and oxygen atoms in total. The molecule has 2 heterocycles. The second-order valence-corrected chi connectivity index (χ2v) is 10.9. The monoisotopic (exact) mass is 567 g/mol. The Hall–Kier alpha value is -4.57. The van der Waals surface area contributed by atoms with Crippen LogP contribution in [0.4, 0.5) is 0 Å². The highest BCUT2D eigenvalue weighted by Crippen LogP contribution is 2.26. The number of amides is 3. The standard InChI is InChI=1S/C32H37N7O3/c1-22(40)38(20-24-11-7-4-8-12-24)26-18-30(31(41)34-19-25-14-16-29-28(17-25)35-36-37(29)2)39(21-26)32(42)27(33)15-13-23-9-5-3-6-10-23/h3-12,14,16-17,26-27,30H,13,15,18-21,33H2,1-2H3,(H,34,41). The van der Waals surface area contributed by atoms with Gasteiger partial charge in [0, 0.05) is 33.6 Å². The van der Waals surface area contributed by atoms with E-state index in [4.69, 9.17) is 5.73 Å². The number of hydrogen-bond donors (Lipinski definition) is 2. The smallest absolute Gasteiger partial charge is 0.243 e. The molecule has 3 N–H and O–H groups in total. The van der Waals surface area contributed by atoms with Crippen LogP contribution in [0.25, 0.3) is 11.0 Å². The average Bonchev–Trinajstić information content (AvgIpc) is 3.61. The predicted molar refractivity (Wildman–Crippen MR) is 160 cm³/mol. The van der Waals surface area contributed by atoms with Gasteiger partial charge < -0.3 is 20.9 Å². The minimum absolute atomic E-state index is 0.108. The number of nitrogens with two attached hydrogens (primary N) is 1. The summed E-state index contributed by atoms with van der Waals surface area (Å²) in [5, 5.41) is 11.2. The van der Waals surface area contributed by atoms with Crippen LogP contribution in [0.5, 0.6) is 0 Å². The van der Waals surface area contributed by atoms with Crippen molar-refractivity contribution in [2.75, 3.05) is 6.54 Å². The maximum absolute atomic E-state index is 13.7. The second kappa shape index (κ2) is 12.9. The first kappa shape index (κ1) is 28.9. The van der Waals surface area contributed by atoms with Gasteiger partial charge in [-0.25, -0.2) is 4.68 Å². The van der Waals surface area contributed by atoms with Gasteiger partial charge in [-0.05, 0) is 48.1 Å². The topological polar surface area (TPSA) is 126 Å². The number of benzene rings is 3. The number of fused-ring (bicyclic) bond motifs is 1. The number of hydrogen-bond acceptors (Lipinski definition) is 6. The molecule has 5 rings (SSSR count). The molecule has 3 amide bonds. The van der Waals surface area contributed by atoms with Gasteiger partial charge >= 0.3 is 0 Å². The summed E-state index contributed by atoms with van der Waals surface area (Å²) in [4.78, 5) is 43.4. The third kappa shape index (κ3) is 6.66. The summed E-state index contributed by atoms with van der Waals surface area (Å²) in [7, 11) is 1.82. The number of nitrogens with one attached hydrogen (secondary N) is 1. The molecule has 3 aromatic carbocycles. The highest BCUT2D eigenvalue weighted by molar-refractivity contribution is 5.91. The first-order chi connectivity index (χ1) is 20.3. The first-order valence-corrected chi connectivity index (χ1v) is 14.3. The van der Waals surface area contributed by atoms with Crippen molar-refractivity contribution < 1.29 is 14.4 Å². The zero-order valence-electron chi connectivity index (χ0n) is 24.0. The number of nitrogens with zero attached hydrogens (tertiary/aromatic N) is 5. The first-order valence-electron chi connectivity index (χ1n) is 14.3. The summed E-state index contributed by atoms with van der Waals surface area (Å²) in [6.07, 6.45) is 1.44. The minimum Gasteiger partial charge on any atom is -0.350 e. The summed E-state index contributed by atoms with van der Waals surface area (Å²) in [6, 6.07) is 23.5. The maximum atomic E-state index is 13.7. The van der Waals surface area contributed by atoms with Gasteiger partial charge in [0.15, 0.2) is 0 Å². The van der Waals surface area contributed by atoms with Crippen LogP contribution in [0, 0.1) is 0 Å². The Morgan fingerprint density at radius 2 is 1.69 bits per heavy atom. The van der Waals surface area contributed by atoms with E-state index < -0.39 is 12.1 Å². The number of carbonyl (C=O) groups is 3. The van der Waals surface area contributed by atoms with E-state index in [0.717, 1.165) is 27.7 Å². The summed E-state index contributed by atoms with van der Waals surface area (Å²) in [6.45, 7) is 2.44. The molecule has 218 valence electrons. The molecule has 1 fully saturated rings. The van der Waals surface area contributed by atoms with Crippen molar-refractivity contribution in [2.24, 2.45) is 12.8 Å². The van der Waals surface area contributed by atoms with Crippen LogP contribution in [0.1, 0.15) is 36.5 Å². The number of rotatable bonds is 10. The van der Waals surface area contributed by atoms with Gasteiger partial charge in [-0.1, -0.05) is 71.9 Å². The Bertz CT molecular complexity index is 1540. The third-order valence-corrected chi connectivity index (χ3v) is 7.95. The second-order valence-electron chi connectivity index (χ2n) is 10.9. The van der Waals surface area contributed by atoms with Crippen molar-refractivity contribution in [3.8, 4) is 0 Å². The van der Waals surface area contributed by atoms with E-state index >= 15 is 0 Å². The molecule has 0 bridgehead atoms. The lowest BCUT2D eigenvalue weighted by atomic mass is 10.0. The molecule has 0 radical (unpaired) electrons. The summed E-state index contributed by atoms with van der Waals surface area (Å²) in [5.41, 5.74) is 11.0. The molecular formula is C32H37N7O3.